The number of hydrogen-bond donors (Lipinski definition) is 2. The molecule has 1 heterocycles. The minimum atomic E-state index is -0.432. The van der Waals surface area contributed by atoms with E-state index in [9.17, 15) is 14.0 Å². The molecule has 3 aromatic rings. The number of carbonyl (C=O) groups is 2. The maximum Gasteiger partial charge on any atom is 0.258 e. The van der Waals surface area contributed by atoms with Crippen molar-refractivity contribution in [3.05, 3.63) is 89.9 Å². The van der Waals surface area contributed by atoms with Crippen LogP contribution >= 0.6 is 0 Å². The molecule has 2 N–H and O–H groups in total. The van der Waals surface area contributed by atoms with Crippen LogP contribution in [0.25, 0.3) is 0 Å². The average molecular weight is 335 g/mol. The molecular formula is C19H14FN3O2. The summed E-state index contributed by atoms with van der Waals surface area (Å²) in [4.78, 5) is 28.8. The zero-order valence-electron chi connectivity index (χ0n) is 13.1. The van der Waals surface area contributed by atoms with E-state index in [4.69, 9.17) is 0 Å². The number of amides is 2. The summed E-state index contributed by atoms with van der Waals surface area (Å²) in [6.07, 6.45) is 1.57. The Labute approximate surface area is 143 Å². The van der Waals surface area contributed by atoms with Gasteiger partial charge in [0.15, 0.2) is 0 Å². The van der Waals surface area contributed by atoms with Gasteiger partial charge in [0.25, 0.3) is 11.8 Å². The van der Waals surface area contributed by atoms with Gasteiger partial charge in [0.05, 0.1) is 11.3 Å². The lowest BCUT2D eigenvalue weighted by molar-refractivity contribution is 0.102. The second-order valence-electron chi connectivity index (χ2n) is 5.18. The summed E-state index contributed by atoms with van der Waals surface area (Å²) < 4.78 is 13.0. The van der Waals surface area contributed by atoms with Gasteiger partial charge < -0.3 is 10.6 Å². The zero-order valence-corrected chi connectivity index (χ0v) is 13.1. The van der Waals surface area contributed by atoms with Crippen molar-refractivity contribution >= 4 is 23.3 Å². The van der Waals surface area contributed by atoms with Crippen molar-refractivity contribution in [2.75, 3.05) is 10.6 Å². The van der Waals surface area contributed by atoms with Crippen LogP contribution < -0.4 is 10.6 Å². The Morgan fingerprint density at radius 1 is 0.800 bits per heavy atom. The molecule has 2 aromatic carbocycles. The maximum absolute atomic E-state index is 13.0. The first-order valence-electron chi connectivity index (χ1n) is 7.52. The number of rotatable bonds is 4. The monoisotopic (exact) mass is 335 g/mol. The van der Waals surface area contributed by atoms with Crippen molar-refractivity contribution in [2.24, 2.45) is 0 Å². The number of para-hydroxylation sites is 1. The third-order valence-corrected chi connectivity index (χ3v) is 3.43. The summed E-state index contributed by atoms with van der Waals surface area (Å²) in [5.41, 5.74) is 0.940. The lowest BCUT2D eigenvalue weighted by Gasteiger charge is -2.11. The summed E-state index contributed by atoms with van der Waals surface area (Å²) in [7, 11) is 0. The van der Waals surface area contributed by atoms with E-state index in [-0.39, 0.29) is 0 Å². The van der Waals surface area contributed by atoms with Crippen LogP contribution in [0.5, 0.6) is 0 Å². The number of hydrogen-bond acceptors (Lipinski definition) is 3. The van der Waals surface area contributed by atoms with Crippen LogP contribution in [-0.2, 0) is 0 Å². The predicted molar refractivity (Wildman–Crippen MR) is 93.0 cm³/mol. The summed E-state index contributed by atoms with van der Waals surface area (Å²) >= 11 is 0. The molecule has 0 saturated heterocycles. The van der Waals surface area contributed by atoms with Gasteiger partial charge in [0.1, 0.15) is 11.6 Å². The summed E-state index contributed by atoms with van der Waals surface area (Å²) in [5, 5.41) is 5.34. The van der Waals surface area contributed by atoms with Crippen LogP contribution in [0.4, 0.5) is 15.9 Å². The van der Waals surface area contributed by atoms with Crippen molar-refractivity contribution in [1.29, 1.82) is 0 Å². The van der Waals surface area contributed by atoms with Crippen molar-refractivity contribution < 1.29 is 14.0 Å². The lowest BCUT2D eigenvalue weighted by Crippen LogP contribution is -2.18. The van der Waals surface area contributed by atoms with E-state index >= 15 is 0 Å². The van der Waals surface area contributed by atoms with Gasteiger partial charge in [-0.2, -0.15) is 0 Å². The molecule has 0 fully saturated rings. The molecular weight excluding hydrogens is 321 g/mol. The first-order chi connectivity index (χ1) is 12.1. The Bertz CT molecular complexity index is 896. The number of carbonyl (C=O) groups excluding carboxylic acids is 2. The Morgan fingerprint density at radius 2 is 1.52 bits per heavy atom. The average Bonchev–Trinajstić information content (AvgIpc) is 2.63. The highest BCUT2D eigenvalue weighted by Crippen LogP contribution is 2.18. The van der Waals surface area contributed by atoms with Crippen LogP contribution in [-0.4, -0.2) is 16.8 Å². The minimum Gasteiger partial charge on any atom is -0.321 e. The number of aromatic nitrogens is 1. The Kier molecular flexibility index (Phi) is 4.80. The largest absolute Gasteiger partial charge is 0.321 e. The lowest BCUT2D eigenvalue weighted by atomic mass is 10.1. The van der Waals surface area contributed by atoms with Gasteiger partial charge in [0, 0.05) is 11.8 Å². The van der Waals surface area contributed by atoms with Gasteiger partial charge in [-0.25, -0.2) is 9.37 Å². The number of halogens is 1. The molecule has 0 radical (unpaired) electrons. The molecule has 0 aliphatic heterocycles. The highest BCUT2D eigenvalue weighted by Gasteiger charge is 2.14. The van der Waals surface area contributed by atoms with Crippen molar-refractivity contribution in [3.8, 4) is 0 Å². The smallest absolute Gasteiger partial charge is 0.258 e. The van der Waals surface area contributed by atoms with E-state index in [1.807, 2.05) is 0 Å². The number of nitrogens with zero attached hydrogens (tertiary/aromatic N) is 1. The van der Waals surface area contributed by atoms with Crippen LogP contribution in [0.15, 0.2) is 72.9 Å². The number of anilines is 2. The third kappa shape index (κ3) is 4.06. The van der Waals surface area contributed by atoms with E-state index in [0.717, 1.165) is 0 Å². The quantitative estimate of drug-likeness (QED) is 0.763. The fourth-order valence-corrected chi connectivity index (χ4v) is 2.21. The molecule has 5 nitrogen and oxygen atoms in total. The summed E-state index contributed by atoms with van der Waals surface area (Å²) in [6.45, 7) is 0. The molecule has 0 spiro atoms. The van der Waals surface area contributed by atoms with Gasteiger partial charge in [0.2, 0.25) is 0 Å². The molecule has 25 heavy (non-hydrogen) atoms. The second kappa shape index (κ2) is 7.35. The van der Waals surface area contributed by atoms with Gasteiger partial charge in [-0.05, 0) is 48.5 Å². The van der Waals surface area contributed by atoms with Crippen LogP contribution in [0.2, 0.25) is 0 Å². The normalized spacial score (nSPS) is 10.1. The van der Waals surface area contributed by atoms with Gasteiger partial charge in [-0.3, -0.25) is 9.59 Å². The van der Waals surface area contributed by atoms with E-state index in [2.05, 4.69) is 15.6 Å². The number of benzene rings is 2. The number of pyridine rings is 1. The molecule has 0 saturated carbocycles. The summed E-state index contributed by atoms with van der Waals surface area (Å²) in [6, 6.07) is 16.9. The number of nitrogens with one attached hydrogen (secondary N) is 2. The van der Waals surface area contributed by atoms with Gasteiger partial charge in [-0.1, -0.05) is 18.2 Å². The topological polar surface area (TPSA) is 71.1 Å². The third-order valence-electron chi connectivity index (χ3n) is 3.43. The van der Waals surface area contributed by atoms with E-state index in [0.29, 0.717) is 22.6 Å². The molecule has 1 aromatic heterocycles. The summed E-state index contributed by atoms with van der Waals surface area (Å²) in [5.74, 6) is -0.842. The van der Waals surface area contributed by atoms with Crippen molar-refractivity contribution in [3.63, 3.8) is 0 Å². The SMILES string of the molecule is O=C(Nc1ccccc1C(=O)Nc1ccccn1)c1ccc(F)cc1. The highest BCUT2D eigenvalue weighted by molar-refractivity contribution is 6.12. The van der Waals surface area contributed by atoms with Crippen LogP contribution in [0, 0.1) is 5.82 Å². The van der Waals surface area contributed by atoms with Crippen LogP contribution in [0.1, 0.15) is 20.7 Å². The molecule has 124 valence electrons. The van der Waals surface area contributed by atoms with E-state index in [1.165, 1.54) is 24.3 Å². The molecule has 0 aliphatic carbocycles. The molecule has 0 aliphatic rings. The van der Waals surface area contributed by atoms with Crippen molar-refractivity contribution in [2.45, 2.75) is 0 Å². The van der Waals surface area contributed by atoms with Gasteiger partial charge >= 0.3 is 0 Å². The van der Waals surface area contributed by atoms with Crippen LogP contribution in [0.3, 0.4) is 0 Å². The first-order valence-corrected chi connectivity index (χ1v) is 7.52. The van der Waals surface area contributed by atoms with E-state index < -0.39 is 17.6 Å². The second-order valence-corrected chi connectivity index (χ2v) is 5.18. The molecule has 0 unspecified atom stereocenters. The Balaban J connectivity index is 1.79. The zero-order chi connectivity index (χ0) is 17.6. The molecule has 2 amide bonds. The Morgan fingerprint density at radius 3 is 2.24 bits per heavy atom. The Hall–Kier alpha value is -3.54. The maximum atomic E-state index is 13.0. The fourth-order valence-electron chi connectivity index (χ4n) is 2.21. The fraction of sp³-hybridized carbons (Fsp3) is 0. The van der Waals surface area contributed by atoms with E-state index in [1.54, 1.807) is 48.7 Å². The van der Waals surface area contributed by atoms with Gasteiger partial charge in [-0.15, -0.1) is 0 Å². The minimum absolute atomic E-state index is 0.293. The first kappa shape index (κ1) is 16.3. The molecule has 0 atom stereocenters. The molecule has 0 bridgehead atoms. The molecule has 3 rings (SSSR count). The van der Waals surface area contributed by atoms with Crippen molar-refractivity contribution in [1.82, 2.24) is 4.98 Å². The highest BCUT2D eigenvalue weighted by atomic mass is 19.1. The predicted octanol–water partition coefficient (Wildman–Crippen LogP) is 3.73. The molecule has 6 heteroatoms. The standard InChI is InChI=1S/C19H14FN3O2/c20-14-10-8-13(9-11-14)18(24)22-16-6-2-1-5-15(16)19(25)23-17-7-3-4-12-21-17/h1-12H,(H,22,24)(H,21,23,25).